The van der Waals surface area contributed by atoms with E-state index >= 15 is 0 Å². The third-order valence-corrected chi connectivity index (χ3v) is 6.67. The molecular formula is C23H24FN3O3S. The average Bonchev–Trinajstić information content (AvgIpc) is 2.77. The molecule has 0 spiro atoms. The van der Waals surface area contributed by atoms with Crippen molar-refractivity contribution in [3.63, 3.8) is 0 Å². The van der Waals surface area contributed by atoms with Crippen LogP contribution >= 0.6 is 11.8 Å². The summed E-state index contributed by atoms with van der Waals surface area (Å²) < 4.78 is 19.0. The molecule has 3 N–H and O–H groups in total. The monoisotopic (exact) mass is 441 g/mol. The SMILES string of the molecule is COC(=O)C1=C(C)NC2NC(SCc3ccccc3)NC(=O)C2C1c1cccc(F)c1. The second kappa shape index (κ2) is 9.11. The number of benzene rings is 2. The predicted molar refractivity (Wildman–Crippen MR) is 117 cm³/mol. The van der Waals surface area contributed by atoms with E-state index < -0.39 is 29.8 Å². The normalized spacial score (nSPS) is 25.3. The highest BCUT2D eigenvalue weighted by Gasteiger charge is 2.48. The van der Waals surface area contributed by atoms with E-state index in [1.165, 1.54) is 19.2 Å². The first-order chi connectivity index (χ1) is 15.0. The van der Waals surface area contributed by atoms with Crippen LogP contribution < -0.4 is 16.0 Å². The van der Waals surface area contributed by atoms with Crippen LogP contribution in [0.25, 0.3) is 0 Å². The van der Waals surface area contributed by atoms with Gasteiger partial charge in [-0.05, 0) is 30.2 Å². The summed E-state index contributed by atoms with van der Waals surface area (Å²) in [4.78, 5) is 25.8. The Hall–Kier alpha value is -2.84. The smallest absolute Gasteiger partial charge is 0.336 e. The highest BCUT2D eigenvalue weighted by molar-refractivity contribution is 7.99. The van der Waals surface area contributed by atoms with Crippen LogP contribution in [0.4, 0.5) is 4.39 Å². The van der Waals surface area contributed by atoms with Crippen LogP contribution in [0.1, 0.15) is 24.0 Å². The van der Waals surface area contributed by atoms with E-state index in [0.717, 1.165) is 11.3 Å². The van der Waals surface area contributed by atoms with Crippen LogP contribution in [0.15, 0.2) is 65.9 Å². The van der Waals surface area contributed by atoms with Gasteiger partial charge in [0.2, 0.25) is 5.91 Å². The Balaban J connectivity index is 1.62. The van der Waals surface area contributed by atoms with Gasteiger partial charge in [-0.3, -0.25) is 10.1 Å². The number of fused-ring (bicyclic) bond motifs is 1. The largest absolute Gasteiger partial charge is 0.466 e. The molecule has 0 saturated carbocycles. The van der Waals surface area contributed by atoms with E-state index in [1.54, 1.807) is 30.8 Å². The summed E-state index contributed by atoms with van der Waals surface area (Å²) in [5, 5.41) is 9.67. The summed E-state index contributed by atoms with van der Waals surface area (Å²) >= 11 is 1.57. The van der Waals surface area contributed by atoms with Gasteiger partial charge < -0.3 is 15.4 Å². The van der Waals surface area contributed by atoms with Gasteiger partial charge in [0, 0.05) is 17.4 Å². The summed E-state index contributed by atoms with van der Waals surface area (Å²) in [6.45, 7) is 1.77. The van der Waals surface area contributed by atoms with Gasteiger partial charge >= 0.3 is 5.97 Å². The molecule has 162 valence electrons. The number of halogens is 1. The molecule has 0 aliphatic carbocycles. The minimum Gasteiger partial charge on any atom is -0.466 e. The quantitative estimate of drug-likeness (QED) is 0.620. The summed E-state index contributed by atoms with van der Waals surface area (Å²) in [6, 6.07) is 16.0. The zero-order chi connectivity index (χ0) is 22.0. The molecular weight excluding hydrogens is 417 g/mol. The lowest BCUT2D eigenvalue weighted by Gasteiger charge is -2.45. The number of hydrogen-bond acceptors (Lipinski definition) is 6. The Labute approximate surface area is 184 Å². The number of ether oxygens (including phenoxy) is 1. The molecule has 2 aromatic carbocycles. The van der Waals surface area contributed by atoms with Crippen molar-refractivity contribution in [2.45, 2.75) is 30.3 Å². The van der Waals surface area contributed by atoms with Crippen LogP contribution in [0.3, 0.4) is 0 Å². The van der Waals surface area contributed by atoms with E-state index in [1.807, 2.05) is 30.3 Å². The number of esters is 1. The summed E-state index contributed by atoms with van der Waals surface area (Å²) in [7, 11) is 1.30. The van der Waals surface area contributed by atoms with Gasteiger partial charge in [0.25, 0.3) is 0 Å². The average molecular weight is 442 g/mol. The van der Waals surface area contributed by atoms with Crippen molar-refractivity contribution in [2.75, 3.05) is 7.11 Å². The Morgan fingerprint density at radius 3 is 2.61 bits per heavy atom. The first-order valence-electron chi connectivity index (χ1n) is 10.0. The maximum absolute atomic E-state index is 14.0. The third-order valence-electron chi connectivity index (χ3n) is 5.58. The Morgan fingerprint density at radius 1 is 1.13 bits per heavy atom. The van der Waals surface area contributed by atoms with Crippen molar-refractivity contribution in [2.24, 2.45) is 5.92 Å². The fourth-order valence-corrected chi connectivity index (χ4v) is 5.19. The van der Waals surface area contributed by atoms with Crippen molar-refractivity contribution in [3.05, 3.63) is 82.8 Å². The number of nitrogens with one attached hydrogen (secondary N) is 3. The van der Waals surface area contributed by atoms with Crippen LogP contribution in [-0.4, -0.2) is 30.6 Å². The van der Waals surface area contributed by atoms with Gasteiger partial charge in [0.05, 0.1) is 24.8 Å². The Morgan fingerprint density at radius 2 is 1.90 bits per heavy atom. The molecule has 0 aromatic heterocycles. The molecule has 4 rings (SSSR count). The molecule has 8 heteroatoms. The molecule has 1 amide bonds. The molecule has 31 heavy (non-hydrogen) atoms. The maximum Gasteiger partial charge on any atom is 0.336 e. The van der Waals surface area contributed by atoms with Gasteiger partial charge in [0.15, 0.2) is 0 Å². The number of methoxy groups -OCH3 is 1. The molecule has 1 fully saturated rings. The van der Waals surface area contributed by atoms with E-state index in [0.29, 0.717) is 16.8 Å². The second-order valence-electron chi connectivity index (χ2n) is 7.56. The number of carbonyl (C=O) groups is 2. The van der Waals surface area contributed by atoms with E-state index in [4.69, 9.17) is 4.74 Å². The number of hydrogen-bond donors (Lipinski definition) is 3. The van der Waals surface area contributed by atoms with E-state index in [-0.39, 0.29) is 11.4 Å². The molecule has 6 nitrogen and oxygen atoms in total. The standard InChI is InChI=1S/C23H24FN3O3S/c1-13-17(22(29)30-2)18(15-9-6-10-16(24)11-15)19-20(25-13)26-23(27-21(19)28)31-12-14-7-4-3-5-8-14/h3-11,18-20,23,25-26H,12H2,1-2H3,(H,27,28). The molecule has 2 heterocycles. The van der Waals surface area contributed by atoms with Gasteiger partial charge in [-0.2, -0.15) is 0 Å². The highest BCUT2D eigenvalue weighted by Crippen LogP contribution is 2.41. The van der Waals surface area contributed by atoms with Crippen molar-refractivity contribution >= 4 is 23.6 Å². The minimum absolute atomic E-state index is 0.204. The zero-order valence-corrected chi connectivity index (χ0v) is 18.0. The molecule has 0 radical (unpaired) electrons. The second-order valence-corrected chi connectivity index (χ2v) is 8.66. The van der Waals surface area contributed by atoms with E-state index in [2.05, 4.69) is 16.0 Å². The lowest BCUT2D eigenvalue weighted by atomic mass is 9.74. The molecule has 2 aliphatic heterocycles. The summed E-state index contributed by atoms with van der Waals surface area (Å²) in [5.74, 6) is -1.72. The first kappa shape index (κ1) is 21.4. The molecule has 2 aliphatic rings. The molecule has 4 atom stereocenters. The van der Waals surface area contributed by atoms with Crippen molar-refractivity contribution < 1.29 is 18.7 Å². The van der Waals surface area contributed by atoms with E-state index in [9.17, 15) is 14.0 Å². The van der Waals surface area contributed by atoms with Gasteiger partial charge in [-0.1, -0.05) is 42.5 Å². The molecule has 4 unspecified atom stereocenters. The van der Waals surface area contributed by atoms with Crippen molar-refractivity contribution in [3.8, 4) is 0 Å². The number of thioether (sulfide) groups is 1. The topological polar surface area (TPSA) is 79.5 Å². The first-order valence-corrected chi connectivity index (χ1v) is 11.1. The maximum atomic E-state index is 14.0. The van der Waals surface area contributed by atoms with Crippen molar-refractivity contribution in [1.29, 1.82) is 0 Å². The fraction of sp³-hybridized carbons (Fsp3) is 0.304. The van der Waals surface area contributed by atoms with Crippen LogP contribution in [0, 0.1) is 11.7 Å². The zero-order valence-electron chi connectivity index (χ0n) is 17.2. The van der Waals surface area contributed by atoms with Crippen LogP contribution in [0.2, 0.25) is 0 Å². The predicted octanol–water partition coefficient (Wildman–Crippen LogP) is 2.84. The Kier molecular flexibility index (Phi) is 6.29. The van der Waals surface area contributed by atoms with Gasteiger partial charge in [0.1, 0.15) is 11.3 Å². The molecule has 0 bridgehead atoms. The number of allylic oxidation sites excluding steroid dienone is 1. The van der Waals surface area contributed by atoms with Crippen LogP contribution in [0.5, 0.6) is 0 Å². The number of carbonyl (C=O) groups excluding carboxylic acids is 2. The van der Waals surface area contributed by atoms with Crippen LogP contribution in [-0.2, 0) is 20.1 Å². The summed E-state index contributed by atoms with van der Waals surface area (Å²) in [5.41, 5.74) is 2.35. The molecule has 1 saturated heterocycles. The van der Waals surface area contributed by atoms with Crippen molar-refractivity contribution in [1.82, 2.24) is 16.0 Å². The van der Waals surface area contributed by atoms with Gasteiger partial charge in [-0.15, -0.1) is 11.8 Å². The Bertz CT molecular complexity index is 1010. The fourth-order valence-electron chi connectivity index (χ4n) is 4.19. The number of rotatable bonds is 5. The minimum atomic E-state index is -0.645. The lowest BCUT2D eigenvalue weighted by Crippen LogP contribution is -2.67. The van der Waals surface area contributed by atoms with Gasteiger partial charge in [-0.25, -0.2) is 9.18 Å². The molecule has 2 aromatic rings. The highest BCUT2D eigenvalue weighted by atomic mass is 32.2. The lowest BCUT2D eigenvalue weighted by molar-refractivity contribution is -0.137. The number of amides is 1. The third kappa shape index (κ3) is 4.45. The summed E-state index contributed by atoms with van der Waals surface area (Å²) in [6.07, 6.45) is -0.413.